The van der Waals surface area contributed by atoms with Crippen LogP contribution < -0.4 is 4.90 Å². The molecule has 2 bridgehead atoms. The van der Waals surface area contributed by atoms with Gasteiger partial charge >= 0.3 is 6.18 Å². The monoisotopic (exact) mass is 396 g/mol. The number of fused-ring (bicyclic) bond motifs is 5. The lowest BCUT2D eigenvalue weighted by molar-refractivity contribution is -0.138. The van der Waals surface area contributed by atoms with Gasteiger partial charge in [0.05, 0.1) is 34.7 Å². The quantitative estimate of drug-likeness (QED) is 0.685. The molecule has 2 unspecified atom stereocenters. The summed E-state index contributed by atoms with van der Waals surface area (Å²) in [6.07, 6.45) is -7.71. The highest BCUT2D eigenvalue weighted by molar-refractivity contribution is 6.23. The highest BCUT2D eigenvalue weighted by Gasteiger charge is 2.79. The predicted molar refractivity (Wildman–Crippen MR) is 85.5 cm³/mol. The first-order valence-corrected chi connectivity index (χ1v) is 8.43. The second-order valence-corrected chi connectivity index (χ2v) is 7.67. The van der Waals surface area contributed by atoms with Crippen LogP contribution in [0.3, 0.4) is 0 Å². The second kappa shape index (κ2) is 5.31. The van der Waals surface area contributed by atoms with Gasteiger partial charge < -0.3 is 14.9 Å². The third kappa shape index (κ3) is 2.04. The van der Waals surface area contributed by atoms with E-state index in [1.165, 1.54) is 19.9 Å². The number of imide groups is 1. The van der Waals surface area contributed by atoms with Crippen molar-refractivity contribution in [2.75, 3.05) is 4.90 Å². The maximum atomic E-state index is 13.3. The average molecular weight is 396 g/mol. The van der Waals surface area contributed by atoms with Crippen LogP contribution in [-0.4, -0.2) is 45.4 Å². The van der Waals surface area contributed by atoms with Crippen molar-refractivity contribution >= 4 is 17.5 Å². The van der Waals surface area contributed by atoms with Crippen molar-refractivity contribution in [3.05, 3.63) is 29.3 Å². The number of anilines is 1. The van der Waals surface area contributed by atoms with Gasteiger partial charge in [-0.1, -0.05) is 0 Å². The van der Waals surface area contributed by atoms with Crippen LogP contribution in [0.4, 0.5) is 18.9 Å². The van der Waals surface area contributed by atoms with Crippen molar-refractivity contribution in [2.45, 2.75) is 43.4 Å². The van der Waals surface area contributed by atoms with Crippen LogP contribution in [0.2, 0.25) is 0 Å². The lowest BCUT2D eigenvalue weighted by atomic mass is 9.66. The summed E-state index contributed by atoms with van der Waals surface area (Å²) in [6.45, 7) is 2.79. The van der Waals surface area contributed by atoms with Crippen molar-refractivity contribution in [2.24, 2.45) is 11.8 Å². The molecule has 0 spiro atoms. The van der Waals surface area contributed by atoms with Gasteiger partial charge in [0.1, 0.15) is 23.4 Å². The molecular weight excluding hydrogens is 381 g/mol. The Kier molecular flexibility index (Phi) is 3.58. The van der Waals surface area contributed by atoms with Crippen molar-refractivity contribution < 1.29 is 37.7 Å². The van der Waals surface area contributed by atoms with E-state index >= 15 is 0 Å². The number of hydrogen-bond acceptors (Lipinski definition) is 6. The summed E-state index contributed by atoms with van der Waals surface area (Å²) < 4.78 is 45.5. The van der Waals surface area contributed by atoms with E-state index in [-0.39, 0.29) is 5.69 Å². The molecule has 148 valence electrons. The number of amides is 2. The fraction of sp³-hybridized carbons (Fsp3) is 0.500. The molecule has 0 aromatic heterocycles. The molecule has 3 heterocycles. The van der Waals surface area contributed by atoms with Crippen LogP contribution in [0.1, 0.15) is 25.0 Å². The van der Waals surface area contributed by atoms with Crippen molar-refractivity contribution in [3.63, 3.8) is 0 Å². The maximum Gasteiger partial charge on any atom is 0.417 e. The maximum absolute atomic E-state index is 13.3. The highest BCUT2D eigenvalue weighted by Crippen LogP contribution is 2.61. The third-order valence-electron chi connectivity index (χ3n) is 6.14. The van der Waals surface area contributed by atoms with E-state index in [1.54, 1.807) is 0 Å². The van der Waals surface area contributed by atoms with Crippen LogP contribution in [0.15, 0.2) is 18.2 Å². The van der Waals surface area contributed by atoms with E-state index in [9.17, 15) is 33.0 Å². The lowest BCUT2D eigenvalue weighted by Gasteiger charge is -2.35. The van der Waals surface area contributed by atoms with Gasteiger partial charge in [-0.3, -0.25) is 9.59 Å². The van der Waals surface area contributed by atoms with Crippen LogP contribution >= 0.6 is 0 Å². The lowest BCUT2D eigenvalue weighted by Crippen LogP contribution is -2.57. The number of carbonyl (C=O) groups is 2. The number of benzene rings is 1. The Hall–Kier alpha value is -2.48. The number of ether oxygens (including phenoxy) is 1. The number of carbonyl (C=O) groups excluding carboxylic acids is 2. The van der Waals surface area contributed by atoms with Gasteiger partial charge in [-0.05, 0) is 32.0 Å². The Morgan fingerprint density at radius 3 is 2.04 bits per heavy atom. The van der Waals surface area contributed by atoms with Gasteiger partial charge in [-0.25, -0.2) is 4.90 Å². The molecule has 6 atom stereocenters. The highest BCUT2D eigenvalue weighted by atomic mass is 19.4. The third-order valence-corrected chi connectivity index (χ3v) is 6.14. The fourth-order valence-corrected chi connectivity index (χ4v) is 4.80. The van der Waals surface area contributed by atoms with Gasteiger partial charge in [0, 0.05) is 0 Å². The SMILES string of the molecule is CC12OC(C)([C@@H](O)[C@@H]1O)[C@H]1C(=O)N(c3ccc(C#N)c(C(F)(F)F)c3)C(=O)[C@H]12. The number of aliphatic hydroxyl groups is 2. The molecule has 1 aromatic carbocycles. The number of rotatable bonds is 1. The summed E-state index contributed by atoms with van der Waals surface area (Å²) in [7, 11) is 0. The average Bonchev–Trinajstić information content (AvgIpc) is 3.10. The van der Waals surface area contributed by atoms with Crippen molar-refractivity contribution in [1.29, 1.82) is 5.26 Å². The first-order chi connectivity index (χ1) is 12.9. The van der Waals surface area contributed by atoms with Crippen molar-refractivity contribution in [3.8, 4) is 6.07 Å². The molecule has 1 aromatic rings. The molecule has 0 saturated carbocycles. The van der Waals surface area contributed by atoms with E-state index in [2.05, 4.69) is 0 Å². The Balaban J connectivity index is 1.82. The molecule has 10 heteroatoms. The molecule has 7 nitrogen and oxygen atoms in total. The molecular formula is C18H15F3N2O5. The molecule has 0 aliphatic carbocycles. The second-order valence-electron chi connectivity index (χ2n) is 7.67. The van der Waals surface area contributed by atoms with Gasteiger partial charge in [-0.15, -0.1) is 0 Å². The van der Waals surface area contributed by atoms with E-state index in [0.29, 0.717) is 11.0 Å². The molecule has 3 fully saturated rings. The molecule has 3 aliphatic heterocycles. The fourth-order valence-electron chi connectivity index (χ4n) is 4.80. The summed E-state index contributed by atoms with van der Waals surface area (Å²) in [5.41, 5.74) is -5.31. The molecule has 3 saturated heterocycles. The Morgan fingerprint density at radius 1 is 1.11 bits per heavy atom. The largest absolute Gasteiger partial charge is 0.417 e. The Morgan fingerprint density at radius 2 is 1.61 bits per heavy atom. The van der Waals surface area contributed by atoms with Crippen molar-refractivity contribution in [1.82, 2.24) is 0 Å². The molecule has 0 radical (unpaired) electrons. The van der Waals surface area contributed by atoms with Crippen LogP contribution in [0, 0.1) is 23.2 Å². The summed E-state index contributed by atoms with van der Waals surface area (Å²) in [6, 6.07) is 4.00. The number of alkyl halides is 3. The van der Waals surface area contributed by atoms with Crippen LogP contribution in [0.5, 0.6) is 0 Å². The van der Waals surface area contributed by atoms with Gasteiger partial charge in [0.2, 0.25) is 11.8 Å². The van der Waals surface area contributed by atoms with E-state index in [0.717, 1.165) is 12.1 Å². The predicted octanol–water partition coefficient (Wildman–Crippen LogP) is 0.966. The molecule has 4 rings (SSSR count). The van der Waals surface area contributed by atoms with E-state index < -0.39 is 64.4 Å². The minimum Gasteiger partial charge on any atom is -0.387 e. The normalized spacial score (nSPS) is 39.4. The van der Waals surface area contributed by atoms with Gasteiger partial charge in [0.25, 0.3) is 0 Å². The Bertz CT molecular complexity index is 920. The van der Waals surface area contributed by atoms with Crippen LogP contribution in [0.25, 0.3) is 0 Å². The van der Waals surface area contributed by atoms with E-state index in [4.69, 9.17) is 10.00 Å². The summed E-state index contributed by atoms with van der Waals surface area (Å²) >= 11 is 0. The van der Waals surface area contributed by atoms with Crippen LogP contribution in [-0.2, 0) is 20.5 Å². The number of hydrogen-bond donors (Lipinski definition) is 2. The zero-order valence-electron chi connectivity index (χ0n) is 14.7. The zero-order chi connectivity index (χ0) is 20.8. The summed E-state index contributed by atoms with van der Waals surface area (Å²) in [5, 5.41) is 29.5. The summed E-state index contributed by atoms with van der Waals surface area (Å²) in [5.74, 6) is -3.92. The standard InChI is InChI=1S/C18H15F3N2O5/c1-16-10-11(17(2,28-16)13(25)12(16)24)15(27)23(14(10)26)8-4-3-7(6-22)9(5-8)18(19,20)21/h3-5,10-13,24-25H,1-2H3/t10-,11+,12-,13-,16?,17?/m0/s1. The summed E-state index contributed by atoms with van der Waals surface area (Å²) in [4.78, 5) is 26.6. The number of halogens is 3. The number of aliphatic hydroxyl groups excluding tert-OH is 2. The molecule has 3 aliphatic rings. The van der Waals surface area contributed by atoms with Gasteiger partial charge in [-0.2, -0.15) is 18.4 Å². The zero-order valence-corrected chi connectivity index (χ0v) is 14.7. The minimum atomic E-state index is -4.85. The smallest absolute Gasteiger partial charge is 0.387 e. The number of nitriles is 1. The Labute approximate surface area is 156 Å². The number of nitrogens with zero attached hydrogens (tertiary/aromatic N) is 2. The first-order valence-electron chi connectivity index (χ1n) is 8.43. The van der Waals surface area contributed by atoms with Gasteiger partial charge in [0.15, 0.2) is 0 Å². The molecule has 2 amide bonds. The van der Waals surface area contributed by atoms with E-state index in [1.807, 2.05) is 0 Å². The molecule has 2 N–H and O–H groups in total. The first kappa shape index (κ1) is 18.9. The molecule has 28 heavy (non-hydrogen) atoms. The topological polar surface area (TPSA) is 111 Å². The minimum absolute atomic E-state index is 0.327.